The molecule has 1 heterocycles. The quantitative estimate of drug-likeness (QED) is 0.813. The third-order valence-electron chi connectivity index (χ3n) is 3.44. The molecule has 0 radical (unpaired) electrons. The van der Waals surface area contributed by atoms with Gasteiger partial charge in [0.15, 0.2) is 0 Å². The van der Waals surface area contributed by atoms with Gasteiger partial charge in [0, 0.05) is 17.2 Å². The van der Waals surface area contributed by atoms with E-state index < -0.39 is 21.8 Å². The van der Waals surface area contributed by atoms with E-state index in [1.807, 2.05) is 0 Å². The molecule has 3 rings (SSSR count). The van der Waals surface area contributed by atoms with Crippen molar-refractivity contribution in [3.05, 3.63) is 54.1 Å². The SMILES string of the molecule is O=S(=O)(c1cccc(C(F)(F)F)c1)N1CCSc2ccccc21. The first kappa shape index (κ1) is 16.2. The van der Waals surface area contributed by atoms with Crippen molar-refractivity contribution in [2.24, 2.45) is 0 Å². The fourth-order valence-electron chi connectivity index (χ4n) is 2.35. The summed E-state index contributed by atoms with van der Waals surface area (Å²) in [7, 11) is -4.04. The van der Waals surface area contributed by atoms with Gasteiger partial charge in [0.2, 0.25) is 0 Å². The summed E-state index contributed by atoms with van der Waals surface area (Å²) >= 11 is 1.53. The second-order valence-corrected chi connectivity index (χ2v) is 7.92. The van der Waals surface area contributed by atoms with Crippen LogP contribution in [0.2, 0.25) is 0 Å². The molecule has 1 aliphatic rings. The lowest BCUT2D eigenvalue weighted by atomic mass is 10.2. The summed E-state index contributed by atoms with van der Waals surface area (Å²) in [4.78, 5) is 0.448. The number of fused-ring (bicyclic) bond motifs is 1. The Labute approximate surface area is 136 Å². The Morgan fingerprint density at radius 3 is 2.52 bits per heavy atom. The number of thioether (sulfide) groups is 1. The maximum absolute atomic E-state index is 12.8. The summed E-state index contributed by atoms with van der Waals surface area (Å²) in [5.41, 5.74) is -0.473. The maximum Gasteiger partial charge on any atom is 0.416 e. The second kappa shape index (κ2) is 5.76. The van der Waals surface area contributed by atoms with Gasteiger partial charge in [-0.25, -0.2) is 8.42 Å². The van der Waals surface area contributed by atoms with Gasteiger partial charge < -0.3 is 0 Å². The average molecular weight is 359 g/mol. The predicted octanol–water partition coefficient (Wildman–Crippen LogP) is 4.01. The highest BCUT2D eigenvalue weighted by Gasteiger charge is 2.34. The zero-order valence-electron chi connectivity index (χ0n) is 11.7. The Bertz CT molecular complexity index is 835. The highest BCUT2D eigenvalue weighted by atomic mass is 32.2. The molecule has 122 valence electrons. The molecule has 8 heteroatoms. The number of hydrogen-bond acceptors (Lipinski definition) is 3. The Morgan fingerprint density at radius 2 is 1.78 bits per heavy atom. The van der Waals surface area contributed by atoms with E-state index in [1.165, 1.54) is 22.1 Å². The zero-order valence-corrected chi connectivity index (χ0v) is 13.4. The summed E-state index contributed by atoms with van der Waals surface area (Å²) in [6.07, 6.45) is -4.58. The van der Waals surface area contributed by atoms with Gasteiger partial charge in [0.1, 0.15) is 0 Å². The molecule has 0 atom stereocenters. The molecule has 0 N–H and O–H groups in total. The Morgan fingerprint density at radius 1 is 1.04 bits per heavy atom. The third kappa shape index (κ3) is 3.05. The first-order valence-electron chi connectivity index (χ1n) is 6.72. The lowest BCUT2D eigenvalue weighted by molar-refractivity contribution is -0.137. The minimum absolute atomic E-state index is 0.222. The first-order valence-corrected chi connectivity index (χ1v) is 9.14. The standard InChI is InChI=1S/C15H12F3NO2S2/c16-15(17,18)11-4-3-5-12(10-11)23(20,21)19-8-9-22-14-7-2-1-6-13(14)19/h1-7,10H,8-9H2. The van der Waals surface area contributed by atoms with Crippen LogP contribution in [-0.4, -0.2) is 20.7 Å². The van der Waals surface area contributed by atoms with Crippen molar-refractivity contribution in [3.63, 3.8) is 0 Å². The molecule has 3 nitrogen and oxygen atoms in total. The third-order valence-corrected chi connectivity index (χ3v) is 6.29. The molecular weight excluding hydrogens is 347 g/mol. The van der Waals surface area contributed by atoms with Crippen LogP contribution in [0, 0.1) is 0 Å². The van der Waals surface area contributed by atoms with Crippen molar-refractivity contribution in [1.29, 1.82) is 0 Å². The van der Waals surface area contributed by atoms with Crippen LogP contribution in [0.25, 0.3) is 0 Å². The van der Waals surface area contributed by atoms with Crippen molar-refractivity contribution in [1.82, 2.24) is 0 Å². The lowest BCUT2D eigenvalue weighted by Gasteiger charge is -2.30. The van der Waals surface area contributed by atoms with Crippen LogP contribution < -0.4 is 4.31 Å². The second-order valence-electron chi connectivity index (χ2n) is 4.92. The highest BCUT2D eigenvalue weighted by molar-refractivity contribution is 8.00. The molecule has 0 aliphatic carbocycles. The van der Waals surface area contributed by atoms with Gasteiger partial charge in [-0.1, -0.05) is 18.2 Å². The average Bonchev–Trinajstić information content (AvgIpc) is 2.53. The molecule has 23 heavy (non-hydrogen) atoms. The number of anilines is 1. The fraction of sp³-hybridized carbons (Fsp3) is 0.200. The van der Waals surface area contributed by atoms with Gasteiger partial charge in [0.25, 0.3) is 10.0 Å². The summed E-state index contributed by atoms with van der Waals surface area (Å²) in [6, 6.07) is 10.8. The van der Waals surface area contributed by atoms with Crippen molar-refractivity contribution in [3.8, 4) is 0 Å². The largest absolute Gasteiger partial charge is 0.416 e. The van der Waals surface area contributed by atoms with E-state index in [4.69, 9.17) is 0 Å². The van der Waals surface area contributed by atoms with Crippen molar-refractivity contribution in [2.45, 2.75) is 16.0 Å². The molecule has 1 aliphatic heterocycles. The summed E-state index contributed by atoms with van der Waals surface area (Å²) in [6.45, 7) is 0.222. The van der Waals surface area contributed by atoms with Gasteiger partial charge in [-0.3, -0.25) is 4.31 Å². The van der Waals surface area contributed by atoms with Crippen LogP contribution in [0.15, 0.2) is 58.3 Å². The fourth-order valence-corrected chi connectivity index (χ4v) is 5.05. The number of rotatable bonds is 2. The predicted molar refractivity (Wildman–Crippen MR) is 83.1 cm³/mol. The van der Waals surface area contributed by atoms with Crippen molar-refractivity contribution >= 4 is 27.5 Å². The van der Waals surface area contributed by atoms with E-state index >= 15 is 0 Å². The molecule has 0 saturated heterocycles. The Kier molecular flexibility index (Phi) is 4.05. The number of nitrogens with zero attached hydrogens (tertiary/aromatic N) is 1. The summed E-state index contributed by atoms with van der Waals surface area (Å²) in [5.74, 6) is 0.551. The van der Waals surface area contributed by atoms with E-state index in [-0.39, 0.29) is 11.4 Å². The van der Waals surface area contributed by atoms with Crippen LogP contribution in [-0.2, 0) is 16.2 Å². The molecule has 0 bridgehead atoms. The van der Waals surface area contributed by atoms with E-state index in [1.54, 1.807) is 24.3 Å². The zero-order chi connectivity index (χ0) is 16.7. The van der Waals surface area contributed by atoms with Gasteiger partial charge >= 0.3 is 6.18 Å². The lowest BCUT2D eigenvalue weighted by Crippen LogP contribution is -2.35. The summed E-state index contributed by atoms with van der Waals surface area (Å²) < 4.78 is 65.2. The molecule has 0 unspecified atom stereocenters. The van der Waals surface area contributed by atoms with Crippen LogP contribution in [0.5, 0.6) is 0 Å². The van der Waals surface area contributed by atoms with Gasteiger partial charge in [-0.2, -0.15) is 13.2 Å². The van der Waals surface area contributed by atoms with E-state index in [0.717, 1.165) is 17.0 Å². The molecule has 0 spiro atoms. The first-order chi connectivity index (χ1) is 10.8. The molecule has 2 aromatic carbocycles. The monoisotopic (exact) mass is 359 g/mol. The van der Waals surface area contributed by atoms with Gasteiger partial charge in [0.05, 0.1) is 16.1 Å². The van der Waals surface area contributed by atoms with Crippen molar-refractivity contribution < 1.29 is 21.6 Å². The van der Waals surface area contributed by atoms with E-state index in [2.05, 4.69) is 0 Å². The van der Waals surface area contributed by atoms with Crippen LogP contribution in [0.1, 0.15) is 5.56 Å². The van der Waals surface area contributed by atoms with Crippen LogP contribution >= 0.6 is 11.8 Å². The molecule has 2 aromatic rings. The minimum Gasteiger partial charge on any atom is -0.264 e. The number of alkyl halides is 3. The van der Waals surface area contributed by atoms with Crippen LogP contribution in [0.3, 0.4) is 0 Å². The Hall–Kier alpha value is -1.67. The smallest absolute Gasteiger partial charge is 0.264 e. The van der Waals surface area contributed by atoms with Crippen LogP contribution in [0.4, 0.5) is 18.9 Å². The number of benzene rings is 2. The number of halogens is 3. The Balaban J connectivity index is 2.07. The normalized spacial score (nSPS) is 15.3. The highest BCUT2D eigenvalue weighted by Crippen LogP contribution is 2.38. The van der Waals surface area contributed by atoms with E-state index in [0.29, 0.717) is 17.5 Å². The number of sulfonamides is 1. The topological polar surface area (TPSA) is 37.4 Å². The van der Waals surface area contributed by atoms with Gasteiger partial charge in [-0.15, -0.1) is 11.8 Å². The molecular formula is C15H12F3NO2S2. The molecule has 0 saturated carbocycles. The van der Waals surface area contributed by atoms with Crippen molar-refractivity contribution in [2.75, 3.05) is 16.6 Å². The summed E-state index contributed by atoms with van der Waals surface area (Å²) in [5, 5.41) is 0. The molecule has 0 fully saturated rings. The van der Waals surface area contributed by atoms with E-state index in [9.17, 15) is 21.6 Å². The number of hydrogen-bond donors (Lipinski definition) is 0. The molecule has 0 amide bonds. The molecule has 0 aromatic heterocycles. The minimum atomic E-state index is -4.58. The maximum atomic E-state index is 12.8. The van der Waals surface area contributed by atoms with Gasteiger partial charge in [-0.05, 0) is 30.3 Å². The number of para-hydroxylation sites is 1.